The van der Waals surface area contributed by atoms with Crippen molar-refractivity contribution in [2.45, 2.75) is 13.8 Å². The van der Waals surface area contributed by atoms with Crippen molar-refractivity contribution in [3.05, 3.63) is 69.9 Å². The summed E-state index contributed by atoms with van der Waals surface area (Å²) in [5, 5.41) is 9.66. The molecule has 3 aromatic rings. The second-order valence-electron chi connectivity index (χ2n) is 6.11. The number of aromatic nitrogens is 1. The van der Waals surface area contributed by atoms with E-state index in [1.807, 2.05) is 6.92 Å². The standard InChI is InChI=1S/C20H18ClN3O4/c1-11-7-16(17(27-3)10-15(11)21)22-19(25)13-5-4-6-14(9-13)20(26)23-18-8-12(2)28-24-18/h4-10H,1-3H3,(H,22,25)(H,23,24,26). The summed E-state index contributed by atoms with van der Waals surface area (Å²) in [4.78, 5) is 25.0. The Hall–Kier alpha value is -3.32. The molecule has 28 heavy (non-hydrogen) atoms. The third kappa shape index (κ3) is 4.32. The van der Waals surface area contributed by atoms with Crippen molar-refractivity contribution < 1.29 is 18.8 Å². The van der Waals surface area contributed by atoms with Crippen LogP contribution in [0.2, 0.25) is 5.02 Å². The number of amides is 2. The van der Waals surface area contributed by atoms with Crippen LogP contribution in [0, 0.1) is 13.8 Å². The van der Waals surface area contributed by atoms with Crippen molar-refractivity contribution in [2.75, 3.05) is 17.7 Å². The number of halogens is 1. The van der Waals surface area contributed by atoms with Crippen LogP contribution in [0.3, 0.4) is 0 Å². The number of rotatable bonds is 5. The van der Waals surface area contributed by atoms with Gasteiger partial charge in [-0.25, -0.2) is 0 Å². The quantitative estimate of drug-likeness (QED) is 0.660. The minimum atomic E-state index is -0.400. The van der Waals surface area contributed by atoms with Gasteiger partial charge in [-0.3, -0.25) is 9.59 Å². The van der Waals surface area contributed by atoms with Gasteiger partial charge < -0.3 is 19.9 Å². The van der Waals surface area contributed by atoms with Gasteiger partial charge >= 0.3 is 0 Å². The Bertz CT molecular complexity index is 1050. The van der Waals surface area contributed by atoms with Crippen LogP contribution >= 0.6 is 11.6 Å². The summed E-state index contributed by atoms with van der Waals surface area (Å²) >= 11 is 6.09. The summed E-state index contributed by atoms with van der Waals surface area (Å²) in [6, 6.07) is 11.3. The number of nitrogens with one attached hydrogen (secondary N) is 2. The van der Waals surface area contributed by atoms with Gasteiger partial charge in [0.25, 0.3) is 11.8 Å². The second kappa shape index (κ2) is 8.14. The highest BCUT2D eigenvalue weighted by molar-refractivity contribution is 6.31. The second-order valence-corrected chi connectivity index (χ2v) is 6.52. The first kappa shape index (κ1) is 19.4. The summed E-state index contributed by atoms with van der Waals surface area (Å²) < 4.78 is 10.2. The van der Waals surface area contributed by atoms with E-state index in [4.69, 9.17) is 20.9 Å². The number of carbonyl (C=O) groups is 2. The average Bonchev–Trinajstić information content (AvgIpc) is 3.09. The van der Waals surface area contributed by atoms with Gasteiger partial charge in [0.05, 0.1) is 12.8 Å². The van der Waals surface area contributed by atoms with Crippen LogP contribution in [0.4, 0.5) is 11.5 Å². The Kier molecular flexibility index (Phi) is 5.65. The molecule has 0 saturated carbocycles. The molecule has 0 unspecified atom stereocenters. The summed E-state index contributed by atoms with van der Waals surface area (Å²) in [6.45, 7) is 3.55. The van der Waals surface area contributed by atoms with Crippen molar-refractivity contribution in [2.24, 2.45) is 0 Å². The molecule has 7 nitrogen and oxygen atoms in total. The fraction of sp³-hybridized carbons (Fsp3) is 0.150. The highest BCUT2D eigenvalue weighted by Crippen LogP contribution is 2.31. The SMILES string of the molecule is COc1cc(Cl)c(C)cc1NC(=O)c1cccc(C(=O)Nc2cc(C)on2)c1. The molecule has 0 atom stereocenters. The van der Waals surface area contributed by atoms with E-state index in [0.717, 1.165) is 5.56 Å². The summed E-state index contributed by atoms with van der Waals surface area (Å²) in [5.74, 6) is 0.545. The van der Waals surface area contributed by atoms with Crippen LogP contribution in [-0.4, -0.2) is 24.1 Å². The van der Waals surface area contributed by atoms with Crippen molar-refractivity contribution >= 4 is 34.9 Å². The van der Waals surface area contributed by atoms with Gasteiger partial charge in [-0.1, -0.05) is 22.8 Å². The highest BCUT2D eigenvalue weighted by Gasteiger charge is 2.15. The van der Waals surface area contributed by atoms with Crippen LogP contribution in [0.15, 0.2) is 47.0 Å². The molecule has 2 amide bonds. The van der Waals surface area contributed by atoms with E-state index in [2.05, 4.69) is 15.8 Å². The maximum atomic E-state index is 12.7. The Morgan fingerprint density at radius 1 is 1.04 bits per heavy atom. The molecule has 0 radical (unpaired) electrons. The smallest absolute Gasteiger partial charge is 0.256 e. The minimum absolute atomic E-state index is 0.304. The van der Waals surface area contributed by atoms with Crippen LogP contribution in [0.1, 0.15) is 32.0 Å². The van der Waals surface area contributed by atoms with Gasteiger partial charge in [0, 0.05) is 28.3 Å². The fourth-order valence-corrected chi connectivity index (χ4v) is 2.69. The van der Waals surface area contributed by atoms with E-state index in [1.165, 1.54) is 13.2 Å². The third-order valence-corrected chi connectivity index (χ3v) is 4.39. The highest BCUT2D eigenvalue weighted by atomic mass is 35.5. The van der Waals surface area contributed by atoms with E-state index in [1.54, 1.807) is 43.3 Å². The number of aryl methyl sites for hydroxylation is 2. The zero-order valence-corrected chi connectivity index (χ0v) is 16.3. The lowest BCUT2D eigenvalue weighted by Gasteiger charge is -2.12. The molecule has 0 bridgehead atoms. The molecule has 0 spiro atoms. The first-order valence-corrected chi connectivity index (χ1v) is 8.75. The van der Waals surface area contributed by atoms with E-state index in [9.17, 15) is 9.59 Å². The van der Waals surface area contributed by atoms with Gasteiger partial charge in [-0.05, 0) is 43.7 Å². The summed E-state index contributed by atoms with van der Waals surface area (Å²) in [7, 11) is 1.49. The number of anilines is 2. The van der Waals surface area contributed by atoms with Gasteiger partial charge in [0.1, 0.15) is 11.5 Å². The lowest BCUT2D eigenvalue weighted by Crippen LogP contribution is -2.16. The van der Waals surface area contributed by atoms with Gasteiger partial charge in [0.2, 0.25) is 0 Å². The molecular weight excluding hydrogens is 382 g/mol. The predicted octanol–water partition coefficient (Wildman–Crippen LogP) is 4.46. The number of methoxy groups -OCH3 is 1. The Labute approximate surface area is 166 Å². The Balaban J connectivity index is 1.79. The zero-order chi connectivity index (χ0) is 20.3. The van der Waals surface area contributed by atoms with E-state index in [0.29, 0.717) is 39.2 Å². The first-order chi connectivity index (χ1) is 13.4. The van der Waals surface area contributed by atoms with E-state index in [-0.39, 0.29) is 5.91 Å². The third-order valence-electron chi connectivity index (χ3n) is 3.99. The topological polar surface area (TPSA) is 93.5 Å². The van der Waals surface area contributed by atoms with Crippen LogP contribution in [-0.2, 0) is 0 Å². The monoisotopic (exact) mass is 399 g/mol. The average molecular weight is 400 g/mol. The number of nitrogens with zero attached hydrogens (tertiary/aromatic N) is 1. The molecule has 0 fully saturated rings. The molecule has 0 aliphatic rings. The molecule has 0 aliphatic heterocycles. The van der Waals surface area contributed by atoms with Crippen molar-refractivity contribution in [3.8, 4) is 5.75 Å². The normalized spacial score (nSPS) is 10.4. The molecule has 1 aromatic heterocycles. The fourth-order valence-electron chi connectivity index (χ4n) is 2.54. The Morgan fingerprint density at radius 2 is 1.71 bits per heavy atom. The Morgan fingerprint density at radius 3 is 2.32 bits per heavy atom. The molecule has 3 rings (SSSR count). The van der Waals surface area contributed by atoms with Crippen molar-refractivity contribution in [1.82, 2.24) is 5.16 Å². The lowest BCUT2D eigenvalue weighted by atomic mass is 10.1. The van der Waals surface area contributed by atoms with E-state index >= 15 is 0 Å². The molecular formula is C20H18ClN3O4. The van der Waals surface area contributed by atoms with Gasteiger partial charge in [0.15, 0.2) is 5.82 Å². The van der Waals surface area contributed by atoms with Crippen LogP contribution < -0.4 is 15.4 Å². The van der Waals surface area contributed by atoms with Crippen molar-refractivity contribution in [1.29, 1.82) is 0 Å². The van der Waals surface area contributed by atoms with E-state index < -0.39 is 5.91 Å². The molecule has 2 N–H and O–H groups in total. The molecule has 0 saturated heterocycles. The lowest BCUT2D eigenvalue weighted by molar-refractivity contribution is 0.102. The van der Waals surface area contributed by atoms with Gasteiger partial charge in [-0.15, -0.1) is 0 Å². The molecule has 1 heterocycles. The number of hydrogen-bond donors (Lipinski definition) is 2. The number of hydrogen-bond acceptors (Lipinski definition) is 5. The zero-order valence-electron chi connectivity index (χ0n) is 15.5. The van der Waals surface area contributed by atoms with Crippen LogP contribution in [0.25, 0.3) is 0 Å². The molecule has 8 heteroatoms. The minimum Gasteiger partial charge on any atom is -0.495 e. The number of benzene rings is 2. The maximum absolute atomic E-state index is 12.7. The number of ether oxygens (including phenoxy) is 1. The number of carbonyl (C=O) groups excluding carboxylic acids is 2. The molecule has 144 valence electrons. The largest absolute Gasteiger partial charge is 0.495 e. The van der Waals surface area contributed by atoms with Crippen molar-refractivity contribution in [3.63, 3.8) is 0 Å². The molecule has 0 aliphatic carbocycles. The van der Waals surface area contributed by atoms with Crippen LogP contribution in [0.5, 0.6) is 5.75 Å². The summed E-state index contributed by atoms with van der Waals surface area (Å²) in [5.41, 5.74) is 1.92. The predicted molar refractivity (Wildman–Crippen MR) is 106 cm³/mol. The first-order valence-electron chi connectivity index (χ1n) is 8.37. The molecule has 2 aromatic carbocycles. The summed E-state index contributed by atoms with van der Waals surface area (Å²) in [6.07, 6.45) is 0. The van der Waals surface area contributed by atoms with Gasteiger partial charge in [-0.2, -0.15) is 0 Å². The maximum Gasteiger partial charge on any atom is 0.256 e.